The van der Waals surface area contributed by atoms with Crippen molar-refractivity contribution in [3.63, 3.8) is 0 Å². The monoisotopic (exact) mass is 244 g/mol. The third-order valence-electron chi connectivity index (χ3n) is 2.74. The molecule has 0 bridgehead atoms. The topological polar surface area (TPSA) is 81.2 Å². The number of hydrogen-bond donors (Lipinski definition) is 1. The smallest absolute Gasteiger partial charge is 0.216 e. The number of nitrogen functional groups attached to an aromatic ring is 1. The van der Waals surface area contributed by atoms with Gasteiger partial charge in [0.1, 0.15) is 5.82 Å². The Hall–Kier alpha value is -1.08. The van der Waals surface area contributed by atoms with E-state index in [0.717, 1.165) is 5.69 Å². The Morgan fingerprint density at radius 3 is 2.75 bits per heavy atom. The molecule has 16 heavy (non-hydrogen) atoms. The molecule has 0 atom stereocenters. The van der Waals surface area contributed by atoms with E-state index in [0.29, 0.717) is 25.5 Å². The molecule has 0 aromatic carbocycles. The number of fused-ring (bicyclic) bond motifs is 1. The van der Waals surface area contributed by atoms with Gasteiger partial charge in [-0.2, -0.15) is 9.40 Å². The van der Waals surface area contributed by atoms with E-state index in [1.54, 1.807) is 24.6 Å². The van der Waals surface area contributed by atoms with Crippen molar-refractivity contribution in [1.82, 2.24) is 14.1 Å². The maximum absolute atomic E-state index is 12.0. The first kappa shape index (κ1) is 11.4. The second-order valence-electron chi connectivity index (χ2n) is 4.21. The molecular formula is C9H16N4O2S. The van der Waals surface area contributed by atoms with Crippen LogP contribution >= 0.6 is 0 Å². The normalized spacial score (nSPS) is 17.7. The number of sulfonamides is 1. The first-order valence-corrected chi connectivity index (χ1v) is 6.73. The van der Waals surface area contributed by atoms with Crippen LogP contribution in [-0.2, 0) is 23.1 Å². The van der Waals surface area contributed by atoms with Gasteiger partial charge >= 0.3 is 0 Å². The maximum atomic E-state index is 12.0. The molecule has 7 heteroatoms. The molecule has 2 heterocycles. The van der Waals surface area contributed by atoms with Gasteiger partial charge in [-0.05, 0) is 13.8 Å². The van der Waals surface area contributed by atoms with Gasteiger partial charge in [-0.25, -0.2) is 8.42 Å². The minimum Gasteiger partial charge on any atom is -0.382 e. The summed E-state index contributed by atoms with van der Waals surface area (Å²) in [4.78, 5) is 0. The van der Waals surface area contributed by atoms with Gasteiger partial charge in [0, 0.05) is 12.6 Å². The second kappa shape index (κ2) is 3.74. The highest BCUT2D eigenvalue weighted by Gasteiger charge is 2.29. The zero-order valence-corrected chi connectivity index (χ0v) is 10.2. The van der Waals surface area contributed by atoms with Crippen LogP contribution in [0.5, 0.6) is 0 Å². The highest BCUT2D eigenvalue weighted by molar-refractivity contribution is 7.89. The molecule has 1 aromatic heterocycles. The van der Waals surface area contributed by atoms with Crippen molar-refractivity contribution in [3.8, 4) is 0 Å². The Bertz CT molecular complexity index is 492. The van der Waals surface area contributed by atoms with Crippen LogP contribution in [0.1, 0.15) is 19.5 Å². The number of nitrogens with zero attached hydrogens (tertiary/aromatic N) is 3. The van der Waals surface area contributed by atoms with Crippen molar-refractivity contribution in [2.45, 2.75) is 32.2 Å². The average Bonchev–Trinajstić information content (AvgIpc) is 2.56. The Balaban J connectivity index is 2.26. The highest BCUT2D eigenvalue weighted by atomic mass is 32.2. The second-order valence-corrected chi connectivity index (χ2v) is 6.70. The molecule has 0 fully saturated rings. The van der Waals surface area contributed by atoms with Crippen molar-refractivity contribution in [1.29, 1.82) is 0 Å². The predicted octanol–water partition coefficient (Wildman–Crippen LogP) is 0.0191. The van der Waals surface area contributed by atoms with E-state index in [9.17, 15) is 8.42 Å². The number of hydrogen-bond acceptors (Lipinski definition) is 4. The number of rotatable bonds is 2. The fourth-order valence-corrected chi connectivity index (χ4v) is 3.02. The Labute approximate surface area is 95.1 Å². The summed E-state index contributed by atoms with van der Waals surface area (Å²) >= 11 is 0. The minimum absolute atomic E-state index is 0.366. The highest BCUT2D eigenvalue weighted by Crippen LogP contribution is 2.19. The van der Waals surface area contributed by atoms with Crippen LogP contribution in [0.4, 0.5) is 5.82 Å². The van der Waals surface area contributed by atoms with Gasteiger partial charge < -0.3 is 5.73 Å². The third-order valence-corrected chi connectivity index (χ3v) is 4.96. The van der Waals surface area contributed by atoms with E-state index in [2.05, 4.69) is 5.10 Å². The van der Waals surface area contributed by atoms with E-state index in [1.807, 2.05) is 0 Å². The molecule has 90 valence electrons. The minimum atomic E-state index is -3.18. The first-order valence-electron chi connectivity index (χ1n) is 5.22. The van der Waals surface area contributed by atoms with Crippen molar-refractivity contribution in [2.75, 3.05) is 12.3 Å². The Morgan fingerprint density at radius 2 is 2.12 bits per heavy atom. The molecule has 0 saturated carbocycles. The summed E-state index contributed by atoms with van der Waals surface area (Å²) in [6.45, 7) is 4.78. The number of nitrogens with two attached hydrogens (primary N) is 1. The molecule has 2 rings (SSSR count). The van der Waals surface area contributed by atoms with E-state index in [1.165, 1.54) is 4.31 Å². The van der Waals surface area contributed by atoms with Crippen molar-refractivity contribution < 1.29 is 8.42 Å². The molecule has 2 N–H and O–H groups in total. The van der Waals surface area contributed by atoms with Crippen LogP contribution in [0.2, 0.25) is 0 Å². The van der Waals surface area contributed by atoms with Crippen molar-refractivity contribution in [3.05, 3.63) is 11.8 Å². The molecule has 0 aliphatic carbocycles. The van der Waals surface area contributed by atoms with Crippen LogP contribution in [0.15, 0.2) is 6.07 Å². The molecule has 0 amide bonds. The van der Waals surface area contributed by atoms with Gasteiger partial charge in [0.05, 0.1) is 24.0 Å². The average molecular weight is 244 g/mol. The van der Waals surface area contributed by atoms with Gasteiger partial charge in [0.2, 0.25) is 10.0 Å². The van der Waals surface area contributed by atoms with Crippen LogP contribution in [-0.4, -0.2) is 34.3 Å². The van der Waals surface area contributed by atoms with E-state index >= 15 is 0 Å². The van der Waals surface area contributed by atoms with Crippen LogP contribution in [0.25, 0.3) is 0 Å². The van der Waals surface area contributed by atoms with Crippen LogP contribution < -0.4 is 5.73 Å². The molecule has 0 unspecified atom stereocenters. The summed E-state index contributed by atoms with van der Waals surface area (Å²) in [6, 6.07) is 1.72. The molecular weight excluding hydrogens is 228 g/mol. The Morgan fingerprint density at radius 1 is 1.44 bits per heavy atom. The lowest BCUT2D eigenvalue weighted by Crippen LogP contribution is -2.41. The van der Waals surface area contributed by atoms with Gasteiger partial charge in [-0.15, -0.1) is 0 Å². The van der Waals surface area contributed by atoms with Gasteiger partial charge in [0.25, 0.3) is 0 Å². The SMILES string of the molecule is CC(C)S(=O)(=O)N1CCn2nc(N)cc2C1. The first-order chi connectivity index (χ1) is 7.41. The molecule has 0 radical (unpaired) electrons. The van der Waals surface area contributed by atoms with Gasteiger partial charge in [-0.1, -0.05) is 0 Å². The van der Waals surface area contributed by atoms with Crippen molar-refractivity contribution >= 4 is 15.8 Å². The lowest BCUT2D eigenvalue weighted by Gasteiger charge is -2.28. The molecule has 1 aliphatic rings. The van der Waals surface area contributed by atoms with Crippen LogP contribution in [0, 0.1) is 0 Å². The van der Waals surface area contributed by atoms with E-state index in [4.69, 9.17) is 5.73 Å². The fraction of sp³-hybridized carbons (Fsp3) is 0.667. The number of aromatic nitrogens is 2. The van der Waals surface area contributed by atoms with E-state index in [-0.39, 0.29) is 5.25 Å². The summed E-state index contributed by atoms with van der Waals surface area (Å²) in [5.41, 5.74) is 6.43. The third kappa shape index (κ3) is 1.80. The van der Waals surface area contributed by atoms with Crippen LogP contribution in [0.3, 0.4) is 0 Å². The molecule has 1 aliphatic heterocycles. The summed E-state index contributed by atoms with van der Waals surface area (Å²) < 4.78 is 27.2. The van der Waals surface area contributed by atoms with Gasteiger partial charge in [0.15, 0.2) is 0 Å². The lowest BCUT2D eigenvalue weighted by molar-refractivity contribution is 0.324. The fourth-order valence-electron chi connectivity index (χ4n) is 1.78. The molecule has 0 saturated heterocycles. The molecule has 1 aromatic rings. The summed E-state index contributed by atoms with van der Waals surface area (Å²) in [5.74, 6) is 0.443. The molecule has 6 nitrogen and oxygen atoms in total. The number of anilines is 1. The van der Waals surface area contributed by atoms with Gasteiger partial charge in [-0.3, -0.25) is 4.68 Å². The largest absolute Gasteiger partial charge is 0.382 e. The Kier molecular flexibility index (Phi) is 2.67. The standard InChI is InChI=1S/C9H16N4O2S/c1-7(2)16(14,15)12-3-4-13-8(6-12)5-9(10)11-13/h5,7H,3-4,6H2,1-2H3,(H2,10,11). The molecule has 0 spiro atoms. The van der Waals surface area contributed by atoms with E-state index < -0.39 is 10.0 Å². The maximum Gasteiger partial charge on any atom is 0.216 e. The lowest BCUT2D eigenvalue weighted by atomic mass is 10.3. The summed E-state index contributed by atoms with van der Waals surface area (Å²) in [5, 5.41) is 3.70. The van der Waals surface area contributed by atoms with Crippen molar-refractivity contribution in [2.24, 2.45) is 0 Å². The predicted molar refractivity (Wildman–Crippen MR) is 61.1 cm³/mol. The zero-order chi connectivity index (χ0) is 11.9. The quantitative estimate of drug-likeness (QED) is 0.795. The summed E-state index contributed by atoms with van der Waals surface area (Å²) in [6.07, 6.45) is 0. The summed E-state index contributed by atoms with van der Waals surface area (Å²) in [7, 11) is -3.18. The zero-order valence-electron chi connectivity index (χ0n) is 9.42.